The standard InChI is InChI=1S/C16H14O3S/c1-3-12-15(11-6-4-5-7-13(11)19-12)16(17)14-8-10(18-2)9-20-14/h4-9H,3H2,1-2H3. The number of ketones is 1. The predicted octanol–water partition coefficient (Wildman–Crippen LogP) is 4.30. The minimum Gasteiger partial charge on any atom is -0.496 e. The zero-order valence-electron chi connectivity index (χ0n) is 11.3. The molecule has 0 saturated heterocycles. The van der Waals surface area contributed by atoms with Crippen LogP contribution in [0.25, 0.3) is 11.0 Å². The van der Waals surface area contributed by atoms with E-state index in [1.165, 1.54) is 11.3 Å². The summed E-state index contributed by atoms with van der Waals surface area (Å²) in [6.45, 7) is 1.99. The SMILES string of the molecule is CCc1oc2ccccc2c1C(=O)c1cc(OC)cs1. The number of thiophene rings is 1. The van der Waals surface area contributed by atoms with Gasteiger partial charge in [0.15, 0.2) is 0 Å². The van der Waals surface area contributed by atoms with Gasteiger partial charge in [0.05, 0.1) is 17.6 Å². The Labute approximate surface area is 120 Å². The van der Waals surface area contributed by atoms with E-state index in [9.17, 15) is 4.79 Å². The second kappa shape index (κ2) is 5.13. The van der Waals surface area contributed by atoms with E-state index in [1.807, 2.05) is 36.6 Å². The third-order valence-electron chi connectivity index (χ3n) is 3.25. The van der Waals surface area contributed by atoms with E-state index in [2.05, 4.69) is 0 Å². The second-order valence-electron chi connectivity index (χ2n) is 4.43. The molecular formula is C16H14O3S. The summed E-state index contributed by atoms with van der Waals surface area (Å²) in [5.74, 6) is 1.45. The molecule has 0 atom stereocenters. The van der Waals surface area contributed by atoms with Gasteiger partial charge >= 0.3 is 0 Å². The summed E-state index contributed by atoms with van der Waals surface area (Å²) in [6, 6.07) is 9.42. The summed E-state index contributed by atoms with van der Waals surface area (Å²) in [6.07, 6.45) is 0.693. The summed E-state index contributed by atoms with van der Waals surface area (Å²) >= 11 is 1.39. The summed E-state index contributed by atoms with van der Waals surface area (Å²) in [7, 11) is 1.60. The molecule has 3 aromatic rings. The van der Waals surface area contributed by atoms with Gasteiger partial charge in [-0.25, -0.2) is 0 Å². The van der Waals surface area contributed by atoms with Gasteiger partial charge in [0.2, 0.25) is 5.78 Å². The Hall–Kier alpha value is -2.07. The Morgan fingerprint density at radius 1 is 1.35 bits per heavy atom. The third-order valence-corrected chi connectivity index (χ3v) is 4.16. The first-order chi connectivity index (χ1) is 9.74. The fourth-order valence-corrected chi connectivity index (χ4v) is 3.06. The number of para-hydroxylation sites is 1. The van der Waals surface area contributed by atoms with E-state index < -0.39 is 0 Å². The molecule has 0 N–H and O–H groups in total. The maximum atomic E-state index is 12.7. The number of carbonyl (C=O) groups excluding carboxylic acids is 1. The number of hydrogen-bond donors (Lipinski definition) is 0. The van der Waals surface area contributed by atoms with Crippen LogP contribution in [0.1, 0.15) is 27.9 Å². The molecule has 4 heteroatoms. The highest BCUT2D eigenvalue weighted by Crippen LogP contribution is 2.31. The number of carbonyl (C=O) groups is 1. The average molecular weight is 286 g/mol. The van der Waals surface area contributed by atoms with E-state index in [-0.39, 0.29) is 5.78 Å². The first-order valence-corrected chi connectivity index (χ1v) is 7.30. The largest absolute Gasteiger partial charge is 0.496 e. The van der Waals surface area contributed by atoms with Crippen LogP contribution in [0.5, 0.6) is 5.75 Å². The van der Waals surface area contributed by atoms with Gasteiger partial charge in [-0.2, -0.15) is 0 Å². The Bertz CT molecular complexity index is 767. The fraction of sp³-hybridized carbons (Fsp3) is 0.188. The number of furan rings is 1. The monoisotopic (exact) mass is 286 g/mol. The van der Waals surface area contributed by atoms with Gasteiger partial charge in [-0.1, -0.05) is 25.1 Å². The Morgan fingerprint density at radius 2 is 2.15 bits per heavy atom. The molecule has 0 spiro atoms. The maximum absolute atomic E-state index is 12.7. The number of fused-ring (bicyclic) bond motifs is 1. The van der Waals surface area contributed by atoms with Crippen molar-refractivity contribution in [3.8, 4) is 5.75 Å². The highest BCUT2D eigenvalue weighted by molar-refractivity contribution is 7.12. The first kappa shape index (κ1) is 12.9. The minimum atomic E-state index is 0.0000926. The lowest BCUT2D eigenvalue weighted by Gasteiger charge is -1.98. The first-order valence-electron chi connectivity index (χ1n) is 6.42. The van der Waals surface area contributed by atoms with Gasteiger partial charge in [-0.15, -0.1) is 11.3 Å². The molecule has 20 heavy (non-hydrogen) atoms. The molecule has 2 aromatic heterocycles. The predicted molar refractivity (Wildman–Crippen MR) is 79.9 cm³/mol. The van der Waals surface area contributed by atoms with Gasteiger partial charge < -0.3 is 9.15 Å². The lowest BCUT2D eigenvalue weighted by atomic mass is 10.0. The number of methoxy groups -OCH3 is 1. The summed E-state index contributed by atoms with van der Waals surface area (Å²) in [5, 5.41) is 2.71. The molecule has 0 bridgehead atoms. The molecule has 0 radical (unpaired) electrons. The van der Waals surface area contributed by atoms with Gasteiger partial charge in [-0.3, -0.25) is 4.79 Å². The van der Waals surface area contributed by atoms with Crippen molar-refractivity contribution in [2.24, 2.45) is 0 Å². The Balaban J connectivity index is 2.15. The number of benzene rings is 1. The van der Waals surface area contributed by atoms with Crippen molar-refractivity contribution in [3.63, 3.8) is 0 Å². The molecule has 0 amide bonds. The summed E-state index contributed by atoms with van der Waals surface area (Å²) in [5.41, 5.74) is 1.43. The van der Waals surface area contributed by atoms with Crippen LogP contribution >= 0.6 is 11.3 Å². The molecule has 0 fully saturated rings. The van der Waals surface area contributed by atoms with Crippen LogP contribution in [0.2, 0.25) is 0 Å². The summed E-state index contributed by atoms with van der Waals surface area (Å²) < 4.78 is 10.9. The second-order valence-corrected chi connectivity index (χ2v) is 5.34. The lowest BCUT2D eigenvalue weighted by molar-refractivity contribution is 0.104. The number of hydrogen-bond acceptors (Lipinski definition) is 4. The molecule has 0 unspecified atom stereocenters. The lowest BCUT2D eigenvalue weighted by Crippen LogP contribution is -2.01. The quantitative estimate of drug-likeness (QED) is 0.671. The van der Waals surface area contributed by atoms with Crippen LogP contribution in [0, 0.1) is 0 Å². The number of rotatable bonds is 4. The number of aryl methyl sites for hydroxylation is 1. The van der Waals surface area contributed by atoms with Crippen LogP contribution in [-0.2, 0) is 6.42 Å². The molecule has 1 aromatic carbocycles. The highest BCUT2D eigenvalue weighted by atomic mass is 32.1. The van der Waals surface area contributed by atoms with Crippen LogP contribution in [0.15, 0.2) is 40.1 Å². The molecule has 102 valence electrons. The smallest absolute Gasteiger partial charge is 0.207 e. The Kier molecular flexibility index (Phi) is 3.32. The van der Waals surface area contributed by atoms with Crippen molar-refractivity contribution >= 4 is 28.1 Å². The molecule has 0 aliphatic heterocycles. The topological polar surface area (TPSA) is 39.4 Å². The van der Waals surface area contributed by atoms with Crippen molar-refractivity contribution in [2.45, 2.75) is 13.3 Å². The average Bonchev–Trinajstić information content (AvgIpc) is 3.10. The van der Waals surface area contributed by atoms with Crippen molar-refractivity contribution < 1.29 is 13.9 Å². The van der Waals surface area contributed by atoms with E-state index in [0.29, 0.717) is 22.6 Å². The molecule has 0 aliphatic carbocycles. The molecule has 3 nitrogen and oxygen atoms in total. The third kappa shape index (κ3) is 2.02. The molecular weight excluding hydrogens is 272 g/mol. The fourth-order valence-electron chi connectivity index (χ4n) is 2.26. The zero-order valence-corrected chi connectivity index (χ0v) is 12.1. The maximum Gasteiger partial charge on any atom is 0.207 e. The van der Waals surface area contributed by atoms with E-state index in [4.69, 9.17) is 9.15 Å². The van der Waals surface area contributed by atoms with E-state index in [0.717, 1.165) is 16.7 Å². The summed E-state index contributed by atoms with van der Waals surface area (Å²) in [4.78, 5) is 13.4. The minimum absolute atomic E-state index is 0.0000926. The number of ether oxygens (including phenoxy) is 1. The molecule has 2 heterocycles. The van der Waals surface area contributed by atoms with E-state index in [1.54, 1.807) is 13.2 Å². The van der Waals surface area contributed by atoms with Gasteiger partial charge in [-0.05, 0) is 6.07 Å². The molecule has 3 rings (SSSR count). The van der Waals surface area contributed by atoms with Gasteiger partial charge in [0.1, 0.15) is 17.1 Å². The van der Waals surface area contributed by atoms with Crippen molar-refractivity contribution in [1.82, 2.24) is 0 Å². The van der Waals surface area contributed by atoms with Crippen LogP contribution < -0.4 is 4.74 Å². The van der Waals surface area contributed by atoms with Crippen molar-refractivity contribution in [1.29, 1.82) is 0 Å². The zero-order chi connectivity index (χ0) is 14.1. The van der Waals surface area contributed by atoms with Crippen LogP contribution in [-0.4, -0.2) is 12.9 Å². The normalized spacial score (nSPS) is 10.9. The van der Waals surface area contributed by atoms with Crippen LogP contribution in [0.4, 0.5) is 0 Å². The van der Waals surface area contributed by atoms with Crippen molar-refractivity contribution in [2.75, 3.05) is 7.11 Å². The molecule has 0 saturated carbocycles. The highest BCUT2D eigenvalue weighted by Gasteiger charge is 2.22. The van der Waals surface area contributed by atoms with Gasteiger partial charge in [0.25, 0.3) is 0 Å². The molecule has 0 aliphatic rings. The van der Waals surface area contributed by atoms with Crippen molar-refractivity contribution in [3.05, 3.63) is 51.9 Å². The van der Waals surface area contributed by atoms with Crippen LogP contribution in [0.3, 0.4) is 0 Å². The van der Waals surface area contributed by atoms with Gasteiger partial charge in [0, 0.05) is 23.3 Å². The Morgan fingerprint density at radius 3 is 2.85 bits per heavy atom. The van der Waals surface area contributed by atoms with E-state index >= 15 is 0 Å².